The molecule has 0 aromatic heterocycles. The van der Waals surface area contributed by atoms with Crippen LogP contribution < -0.4 is 15.2 Å². The second-order valence-corrected chi connectivity index (χ2v) is 5.56. The third-order valence-electron chi connectivity index (χ3n) is 3.17. The minimum absolute atomic E-state index is 0.509. The molecule has 0 saturated heterocycles. The van der Waals surface area contributed by atoms with Crippen LogP contribution in [0, 0.1) is 0 Å². The number of nitrogens with zero attached hydrogens (tertiary/aromatic N) is 1. The van der Waals surface area contributed by atoms with Crippen molar-refractivity contribution in [2.75, 3.05) is 14.2 Å². The average molecular weight is 316 g/mol. The number of hydrogen-bond donors (Lipinski definition) is 1. The normalized spacial score (nSPS) is 11.3. The summed E-state index contributed by atoms with van der Waals surface area (Å²) < 4.78 is 10.6. The Labute approximate surface area is 135 Å². The standard InChI is InChI=1S/C17H20N2O2S/c1-20-15-9-5-3-7-13(15)11-19-17(18)22-12-14-8-4-6-10-16(14)21-2/h3-10H,11-12H2,1-2H3,(H2,18,19). The first kappa shape index (κ1) is 16.2. The molecule has 0 aliphatic heterocycles. The summed E-state index contributed by atoms with van der Waals surface area (Å²) in [6.45, 7) is 0.509. The van der Waals surface area contributed by atoms with Gasteiger partial charge in [-0.1, -0.05) is 48.2 Å². The Morgan fingerprint density at radius 2 is 1.50 bits per heavy atom. The predicted octanol–water partition coefficient (Wildman–Crippen LogP) is 3.45. The molecule has 2 rings (SSSR count). The van der Waals surface area contributed by atoms with Gasteiger partial charge >= 0.3 is 0 Å². The maximum atomic E-state index is 5.98. The number of aliphatic imine (C=N–C) groups is 1. The van der Waals surface area contributed by atoms with Gasteiger partial charge in [-0.3, -0.25) is 4.99 Å². The third kappa shape index (κ3) is 4.43. The lowest BCUT2D eigenvalue weighted by Gasteiger charge is -2.08. The van der Waals surface area contributed by atoms with Crippen LogP contribution in [0.15, 0.2) is 53.5 Å². The summed E-state index contributed by atoms with van der Waals surface area (Å²) in [7, 11) is 3.32. The van der Waals surface area contributed by atoms with E-state index in [9.17, 15) is 0 Å². The molecule has 116 valence electrons. The quantitative estimate of drug-likeness (QED) is 0.655. The Balaban J connectivity index is 1.95. The number of ether oxygens (including phenoxy) is 2. The van der Waals surface area contributed by atoms with Crippen LogP contribution in [0.2, 0.25) is 0 Å². The molecule has 0 atom stereocenters. The van der Waals surface area contributed by atoms with Crippen molar-refractivity contribution >= 4 is 16.9 Å². The molecule has 0 fully saturated rings. The van der Waals surface area contributed by atoms with E-state index >= 15 is 0 Å². The summed E-state index contributed by atoms with van der Waals surface area (Å²) in [4.78, 5) is 4.41. The highest BCUT2D eigenvalue weighted by atomic mass is 32.2. The largest absolute Gasteiger partial charge is 0.496 e. The van der Waals surface area contributed by atoms with Gasteiger partial charge in [0.25, 0.3) is 0 Å². The summed E-state index contributed by atoms with van der Waals surface area (Å²) in [5.74, 6) is 2.42. The maximum Gasteiger partial charge on any atom is 0.154 e. The van der Waals surface area contributed by atoms with E-state index in [-0.39, 0.29) is 0 Å². The molecule has 0 radical (unpaired) electrons. The Bertz CT molecular complexity index is 644. The maximum absolute atomic E-state index is 5.98. The van der Waals surface area contributed by atoms with Crippen molar-refractivity contribution in [1.29, 1.82) is 0 Å². The second kappa shape index (κ2) is 8.34. The molecule has 5 heteroatoms. The van der Waals surface area contributed by atoms with E-state index < -0.39 is 0 Å². The highest BCUT2D eigenvalue weighted by Crippen LogP contribution is 2.23. The first-order valence-electron chi connectivity index (χ1n) is 6.91. The lowest BCUT2D eigenvalue weighted by molar-refractivity contribution is 0.410. The molecule has 2 N–H and O–H groups in total. The summed E-state index contributed by atoms with van der Waals surface area (Å²) in [6, 6.07) is 15.7. The van der Waals surface area contributed by atoms with Crippen molar-refractivity contribution < 1.29 is 9.47 Å². The molecule has 0 heterocycles. The van der Waals surface area contributed by atoms with Gasteiger partial charge in [-0.25, -0.2) is 0 Å². The minimum Gasteiger partial charge on any atom is -0.496 e. The smallest absolute Gasteiger partial charge is 0.154 e. The molecular weight excluding hydrogens is 296 g/mol. The fourth-order valence-electron chi connectivity index (χ4n) is 2.02. The van der Waals surface area contributed by atoms with E-state index in [2.05, 4.69) is 4.99 Å². The molecule has 0 spiro atoms. The molecule has 2 aromatic rings. The van der Waals surface area contributed by atoms with E-state index in [4.69, 9.17) is 15.2 Å². The first-order chi connectivity index (χ1) is 10.7. The first-order valence-corrected chi connectivity index (χ1v) is 7.89. The van der Waals surface area contributed by atoms with Gasteiger partial charge in [0.2, 0.25) is 0 Å². The molecule has 22 heavy (non-hydrogen) atoms. The topological polar surface area (TPSA) is 56.8 Å². The van der Waals surface area contributed by atoms with Crippen LogP contribution in [0.3, 0.4) is 0 Å². The zero-order valence-electron chi connectivity index (χ0n) is 12.8. The van der Waals surface area contributed by atoms with Gasteiger partial charge in [-0.2, -0.15) is 0 Å². The van der Waals surface area contributed by atoms with Gasteiger partial charge in [-0.05, 0) is 12.1 Å². The fraction of sp³-hybridized carbons (Fsp3) is 0.235. The van der Waals surface area contributed by atoms with Crippen molar-refractivity contribution in [3.63, 3.8) is 0 Å². The van der Waals surface area contributed by atoms with Gasteiger partial charge < -0.3 is 15.2 Å². The number of rotatable bonds is 6. The average Bonchev–Trinajstić information content (AvgIpc) is 2.58. The van der Waals surface area contributed by atoms with Crippen LogP contribution in [0.4, 0.5) is 0 Å². The van der Waals surface area contributed by atoms with E-state index in [1.807, 2.05) is 48.5 Å². The highest BCUT2D eigenvalue weighted by molar-refractivity contribution is 8.13. The van der Waals surface area contributed by atoms with Crippen LogP contribution in [0.25, 0.3) is 0 Å². The van der Waals surface area contributed by atoms with Gasteiger partial charge in [-0.15, -0.1) is 0 Å². The molecular formula is C17H20N2O2S. The minimum atomic E-state index is 0.509. The fourth-order valence-corrected chi connectivity index (χ4v) is 2.71. The Hall–Kier alpha value is -2.14. The Kier molecular flexibility index (Phi) is 6.15. The molecule has 0 amide bonds. The highest BCUT2D eigenvalue weighted by Gasteiger charge is 2.04. The van der Waals surface area contributed by atoms with Gasteiger partial charge in [0.05, 0.1) is 20.8 Å². The summed E-state index contributed by atoms with van der Waals surface area (Å²) >= 11 is 1.50. The number of hydrogen-bond acceptors (Lipinski definition) is 4. The van der Waals surface area contributed by atoms with Crippen LogP contribution in [0.1, 0.15) is 11.1 Å². The van der Waals surface area contributed by atoms with Crippen LogP contribution >= 0.6 is 11.8 Å². The molecule has 2 aromatic carbocycles. The number of benzene rings is 2. The van der Waals surface area contributed by atoms with Crippen molar-refractivity contribution in [2.45, 2.75) is 12.3 Å². The number of thioether (sulfide) groups is 1. The van der Waals surface area contributed by atoms with E-state index in [0.29, 0.717) is 11.7 Å². The molecule has 4 nitrogen and oxygen atoms in total. The third-order valence-corrected chi connectivity index (χ3v) is 4.05. The molecule has 0 unspecified atom stereocenters. The summed E-state index contributed by atoms with van der Waals surface area (Å²) in [6.07, 6.45) is 0. The Morgan fingerprint density at radius 3 is 2.14 bits per heavy atom. The predicted molar refractivity (Wildman–Crippen MR) is 92.6 cm³/mol. The van der Waals surface area contributed by atoms with Gasteiger partial charge in [0.1, 0.15) is 11.5 Å². The van der Waals surface area contributed by atoms with E-state index in [0.717, 1.165) is 28.4 Å². The lowest BCUT2D eigenvalue weighted by atomic mass is 10.2. The SMILES string of the molecule is COc1ccccc1CN=C(N)SCc1ccccc1OC. The summed E-state index contributed by atoms with van der Waals surface area (Å²) in [5, 5.41) is 0.553. The van der Waals surface area contributed by atoms with Crippen molar-refractivity contribution in [1.82, 2.24) is 0 Å². The Morgan fingerprint density at radius 1 is 0.955 bits per heavy atom. The van der Waals surface area contributed by atoms with E-state index in [1.54, 1.807) is 14.2 Å². The number of amidine groups is 1. The number of para-hydroxylation sites is 2. The van der Waals surface area contributed by atoms with Gasteiger partial charge in [0.15, 0.2) is 5.17 Å². The monoisotopic (exact) mass is 316 g/mol. The van der Waals surface area contributed by atoms with Crippen molar-refractivity contribution in [2.24, 2.45) is 10.7 Å². The molecule has 0 bridgehead atoms. The van der Waals surface area contributed by atoms with Crippen LogP contribution in [-0.2, 0) is 12.3 Å². The zero-order valence-corrected chi connectivity index (χ0v) is 13.6. The lowest BCUT2D eigenvalue weighted by Crippen LogP contribution is -2.08. The van der Waals surface area contributed by atoms with E-state index in [1.165, 1.54) is 11.8 Å². The summed E-state index contributed by atoms with van der Waals surface area (Å²) in [5.41, 5.74) is 8.11. The van der Waals surface area contributed by atoms with Gasteiger partial charge in [0, 0.05) is 16.9 Å². The molecule has 0 aliphatic carbocycles. The second-order valence-electron chi connectivity index (χ2n) is 4.57. The molecule has 0 saturated carbocycles. The number of methoxy groups -OCH3 is 2. The van der Waals surface area contributed by atoms with Crippen molar-refractivity contribution in [3.8, 4) is 11.5 Å². The van der Waals surface area contributed by atoms with Crippen molar-refractivity contribution in [3.05, 3.63) is 59.7 Å². The zero-order chi connectivity index (χ0) is 15.8. The van der Waals surface area contributed by atoms with Crippen LogP contribution in [-0.4, -0.2) is 19.4 Å². The molecule has 0 aliphatic rings. The number of nitrogens with two attached hydrogens (primary N) is 1. The van der Waals surface area contributed by atoms with Crippen LogP contribution in [0.5, 0.6) is 11.5 Å².